The van der Waals surface area contributed by atoms with E-state index < -0.39 is 23.3 Å². The normalized spacial score (nSPS) is 16.0. The van der Waals surface area contributed by atoms with E-state index in [4.69, 9.17) is 5.11 Å². The Labute approximate surface area is 205 Å². The number of carboxylic acids is 1. The average Bonchev–Trinajstić information content (AvgIpc) is 2.83. The third kappa shape index (κ3) is 5.96. The molecule has 1 aliphatic rings. The number of aliphatic carboxylic acids is 1. The maximum absolute atomic E-state index is 12.0. The van der Waals surface area contributed by atoms with Gasteiger partial charge in [-0.3, -0.25) is 13.8 Å². The van der Waals surface area contributed by atoms with Gasteiger partial charge >= 0.3 is 5.97 Å². The summed E-state index contributed by atoms with van der Waals surface area (Å²) in [5.41, 5.74) is 2.45. The minimum atomic E-state index is -2.54. The summed E-state index contributed by atoms with van der Waals surface area (Å²) < 4.78 is 24.5. The van der Waals surface area contributed by atoms with Crippen molar-refractivity contribution in [2.75, 3.05) is 31.1 Å². The molecule has 0 amide bonds. The van der Waals surface area contributed by atoms with Crippen LogP contribution in [0.3, 0.4) is 0 Å². The predicted octanol–water partition coefficient (Wildman–Crippen LogP) is 1.92. The number of aromatic amines is 1. The first kappa shape index (κ1) is 24.6. The van der Waals surface area contributed by atoms with Gasteiger partial charge in [0.2, 0.25) is 0 Å². The molecule has 9 nitrogen and oxygen atoms in total. The topological polar surface area (TPSA) is 120 Å². The number of hydrogen-bond donors (Lipinski definition) is 2. The third-order valence-corrected chi connectivity index (χ3v) is 6.79. The van der Waals surface area contributed by atoms with Crippen LogP contribution in [0.1, 0.15) is 24.5 Å². The van der Waals surface area contributed by atoms with Crippen LogP contribution in [0.5, 0.6) is 0 Å². The smallest absolute Gasteiger partial charge is 0.305 e. The molecular weight excluding hydrogens is 468 g/mol. The first-order valence-electron chi connectivity index (χ1n) is 11.2. The highest BCUT2D eigenvalue weighted by Gasteiger charge is 2.27. The van der Waals surface area contributed by atoms with E-state index in [9.17, 15) is 18.4 Å². The molecule has 1 aliphatic heterocycles. The number of carboxylic acid groups (broad SMARTS) is 1. The van der Waals surface area contributed by atoms with Crippen LogP contribution in [0.25, 0.3) is 10.8 Å². The standard InChI is InChI=1S/C25H26N4O5S/c1-18(16-24(30)31)29(35(33)34)28-14-12-27(13-15-28)22-8-5-19(6-9-22)2-3-20-4-7-21-10-11-26-25(32)23(21)17-20/h4-11,17-18H,12-16H2,1H3,(H,26,32)(H,30,31)(H,33,34)/p-1. The van der Waals surface area contributed by atoms with Crippen LogP contribution < -0.4 is 10.5 Å². The Morgan fingerprint density at radius 3 is 2.43 bits per heavy atom. The molecule has 2 atom stereocenters. The monoisotopic (exact) mass is 493 g/mol. The van der Waals surface area contributed by atoms with Crippen LogP contribution in [-0.4, -0.2) is 66.5 Å². The molecule has 1 fully saturated rings. The van der Waals surface area contributed by atoms with Crippen LogP contribution >= 0.6 is 0 Å². The number of anilines is 1. The number of hydrogen-bond acceptors (Lipinski definition) is 6. The fourth-order valence-electron chi connectivity index (χ4n) is 4.16. The summed E-state index contributed by atoms with van der Waals surface area (Å²) in [6.07, 6.45) is 1.37. The predicted molar refractivity (Wildman–Crippen MR) is 133 cm³/mol. The van der Waals surface area contributed by atoms with Crippen molar-refractivity contribution in [1.82, 2.24) is 14.4 Å². The molecule has 0 radical (unpaired) electrons. The highest BCUT2D eigenvalue weighted by atomic mass is 32.2. The zero-order valence-electron chi connectivity index (χ0n) is 19.1. The lowest BCUT2D eigenvalue weighted by Gasteiger charge is -2.44. The van der Waals surface area contributed by atoms with Crippen LogP contribution in [0, 0.1) is 11.8 Å². The summed E-state index contributed by atoms with van der Waals surface area (Å²) in [7, 11) is 0. The lowest BCUT2D eigenvalue weighted by atomic mass is 10.1. The number of benzene rings is 2. The Morgan fingerprint density at radius 2 is 1.77 bits per heavy atom. The van der Waals surface area contributed by atoms with Gasteiger partial charge in [0.25, 0.3) is 5.56 Å². The van der Waals surface area contributed by atoms with Crippen LogP contribution in [0.15, 0.2) is 59.5 Å². The second kappa shape index (κ2) is 10.8. The number of fused-ring (bicyclic) bond motifs is 1. The second-order valence-electron chi connectivity index (χ2n) is 8.31. The lowest BCUT2D eigenvalue weighted by molar-refractivity contribution is -0.139. The fourth-order valence-corrected chi connectivity index (χ4v) is 4.88. The molecule has 2 aromatic carbocycles. The molecule has 35 heavy (non-hydrogen) atoms. The number of H-pyrrole nitrogens is 1. The first-order chi connectivity index (χ1) is 16.8. The zero-order chi connectivity index (χ0) is 24.9. The van der Waals surface area contributed by atoms with Gasteiger partial charge in [0.05, 0.1) is 6.42 Å². The van der Waals surface area contributed by atoms with E-state index in [1.807, 2.05) is 42.5 Å². The van der Waals surface area contributed by atoms with Crippen molar-refractivity contribution in [1.29, 1.82) is 0 Å². The Balaban J connectivity index is 1.40. The number of rotatable bonds is 6. The zero-order valence-corrected chi connectivity index (χ0v) is 20.0. The van der Waals surface area contributed by atoms with Crippen LogP contribution in [0.4, 0.5) is 5.69 Å². The molecule has 0 aliphatic carbocycles. The first-order valence-corrected chi connectivity index (χ1v) is 12.2. The molecule has 182 valence electrons. The van der Waals surface area contributed by atoms with E-state index in [2.05, 4.69) is 21.7 Å². The molecule has 2 N–H and O–H groups in total. The molecule has 10 heteroatoms. The molecule has 0 bridgehead atoms. The summed E-state index contributed by atoms with van der Waals surface area (Å²) in [5.74, 6) is 5.19. The van der Waals surface area contributed by atoms with E-state index >= 15 is 0 Å². The summed E-state index contributed by atoms with van der Waals surface area (Å²) >= 11 is -2.54. The maximum atomic E-state index is 12.0. The molecule has 1 aromatic heterocycles. The number of piperazine rings is 1. The minimum Gasteiger partial charge on any atom is -0.759 e. The largest absolute Gasteiger partial charge is 0.759 e. The Kier molecular flexibility index (Phi) is 7.63. The van der Waals surface area contributed by atoms with Crippen molar-refractivity contribution in [2.24, 2.45) is 0 Å². The molecule has 0 saturated carbocycles. The molecule has 2 heterocycles. The van der Waals surface area contributed by atoms with Crippen LogP contribution in [0.2, 0.25) is 0 Å². The Hall–Kier alpha value is -3.49. The van der Waals surface area contributed by atoms with Gasteiger partial charge in [-0.2, -0.15) is 4.41 Å². The Morgan fingerprint density at radius 1 is 1.11 bits per heavy atom. The number of nitrogens with one attached hydrogen (secondary N) is 1. The number of aromatic nitrogens is 1. The van der Waals surface area contributed by atoms with Gasteiger partial charge < -0.3 is 19.5 Å². The molecule has 3 aromatic rings. The third-order valence-electron chi connectivity index (χ3n) is 5.89. The van der Waals surface area contributed by atoms with Crippen molar-refractivity contribution in [3.8, 4) is 11.8 Å². The van der Waals surface area contributed by atoms with Gasteiger partial charge in [0.1, 0.15) is 0 Å². The molecule has 0 spiro atoms. The van der Waals surface area contributed by atoms with Crippen molar-refractivity contribution < 1.29 is 18.7 Å². The lowest BCUT2D eigenvalue weighted by Crippen LogP contribution is -2.57. The fraction of sp³-hybridized carbons (Fsp3) is 0.280. The van der Waals surface area contributed by atoms with E-state index in [0.29, 0.717) is 31.6 Å². The van der Waals surface area contributed by atoms with Crippen molar-refractivity contribution in [2.45, 2.75) is 19.4 Å². The molecule has 2 unspecified atom stereocenters. The second-order valence-corrected chi connectivity index (χ2v) is 9.12. The van der Waals surface area contributed by atoms with Gasteiger partial charge in [-0.25, -0.2) is 5.01 Å². The van der Waals surface area contributed by atoms with E-state index in [0.717, 1.165) is 26.6 Å². The van der Waals surface area contributed by atoms with E-state index in [1.165, 1.54) is 0 Å². The summed E-state index contributed by atoms with van der Waals surface area (Å²) in [6, 6.07) is 14.5. The van der Waals surface area contributed by atoms with Crippen molar-refractivity contribution in [3.63, 3.8) is 0 Å². The molecule has 1 saturated heterocycles. The average molecular weight is 494 g/mol. The number of nitrogens with zero attached hydrogens (tertiary/aromatic N) is 3. The highest BCUT2D eigenvalue weighted by Crippen LogP contribution is 2.20. The van der Waals surface area contributed by atoms with E-state index in [-0.39, 0.29) is 12.0 Å². The molecule has 4 rings (SSSR count). The van der Waals surface area contributed by atoms with Crippen LogP contribution in [-0.2, 0) is 16.1 Å². The maximum Gasteiger partial charge on any atom is 0.305 e. The SMILES string of the molecule is CC(CC(=O)O)N(N1CCN(c2ccc(C#Cc3ccc4cc[nH]c(=O)c4c3)cc2)CC1)S(=O)[O-]. The minimum absolute atomic E-state index is 0.142. The summed E-state index contributed by atoms with van der Waals surface area (Å²) in [6.45, 7) is 3.71. The van der Waals surface area contributed by atoms with Gasteiger partial charge in [0.15, 0.2) is 0 Å². The van der Waals surface area contributed by atoms with Gasteiger partial charge in [-0.05, 0) is 54.8 Å². The van der Waals surface area contributed by atoms with Gasteiger partial charge in [0, 0.05) is 71.9 Å². The summed E-state index contributed by atoms with van der Waals surface area (Å²) in [5, 5.41) is 12.2. The number of hydrazine groups is 1. The molecular formula is C25H25N4O5S-. The van der Waals surface area contributed by atoms with Gasteiger partial charge in [-0.1, -0.05) is 17.9 Å². The highest BCUT2D eigenvalue weighted by molar-refractivity contribution is 7.76. The van der Waals surface area contributed by atoms with Crippen molar-refractivity contribution >= 4 is 33.7 Å². The Bertz CT molecular complexity index is 1350. The number of carbonyl (C=O) groups is 1. The van der Waals surface area contributed by atoms with Gasteiger partial charge in [-0.15, -0.1) is 0 Å². The van der Waals surface area contributed by atoms with E-state index in [1.54, 1.807) is 24.2 Å². The van der Waals surface area contributed by atoms with Crippen molar-refractivity contribution in [3.05, 3.63) is 76.2 Å². The summed E-state index contributed by atoms with van der Waals surface area (Å²) in [4.78, 5) is 27.8. The quantitative estimate of drug-likeness (QED) is 0.398. The number of pyridine rings is 1.